The molecule has 0 heterocycles. The van der Waals surface area contributed by atoms with E-state index in [2.05, 4.69) is 33.4 Å². The van der Waals surface area contributed by atoms with Crippen LogP contribution in [0.15, 0.2) is 53.0 Å². The summed E-state index contributed by atoms with van der Waals surface area (Å²) in [4.78, 5) is 12.4. The van der Waals surface area contributed by atoms with Crippen LogP contribution in [0.4, 0.5) is 5.69 Å². The fourth-order valence-corrected chi connectivity index (χ4v) is 3.25. The van der Waals surface area contributed by atoms with Gasteiger partial charge in [0.15, 0.2) is 0 Å². The summed E-state index contributed by atoms with van der Waals surface area (Å²) >= 11 is 3.46. The van der Waals surface area contributed by atoms with Gasteiger partial charge in [-0.25, -0.2) is 0 Å². The minimum absolute atomic E-state index is 0.0598. The normalized spacial score (nSPS) is 15.0. The topological polar surface area (TPSA) is 38.3 Å². The zero-order valence-electron chi connectivity index (χ0n) is 13.1. The van der Waals surface area contributed by atoms with Gasteiger partial charge in [-0.2, -0.15) is 0 Å². The monoisotopic (exact) mass is 373 g/mol. The quantitative estimate of drug-likeness (QED) is 0.775. The van der Waals surface area contributed by atoms with Gasteiger partial charge in [0.25, 0.3) is 0 Å². The van der Waals surface area contributed by atoms with Crippen LogP contribution in [0.2, 0.25) is 0 Å². The standard InChI is InChI=1S/C19H20BrNO2/c1-23-15-10-8-14(9-11-15)16(13-6-7-13)12-19(22)21-18-5-3-2-4-17(18)20/h2-5,8-11,13,16H,6-7,12H2,1H3,(H,21,22). The third kappa shape index (κ3) is 4.14. The van der Waals surface area contributed by atoms with E-state index in [1.165, 1.54) is 18.4 Å². The lowest BCUT2D eigenvalue weighted by molar-refractivity contribution is -0.116. The zero-order valence-corrected chi connectivity index (χ0v) is 14.7. The average Bonchev–Trinajstić information content (AvgIpc) is 3.40. The van der Waals surface area contributed by atoms with Gasteiger partial charge in [0.1, 0.15) is 5.75 Å². The molecule has 1 aliphatic rings. The Hall–Kier alpha value is -1.81. The molecule has 1 amide bonds. The molecule has 0 saturated heterocycles. The van der Waals surface area contributed by atoms with Gasteiger partial charge in [-0.05, 0) is 70.4 Å². The molecule has 1 N–H and O–H groups in total. The molecule has 2 aromatic rings. The van der Waals surface area contributed by atoms with E-state index >= 15 is 0 Å². The van der Waals surface area contributed by atoms with Gasteiger partial charge in [-0.15, -0.1) is 0 Å². The molecule has 1 atom stereocenters. The van der Waals surface area contributed by atoms with Crippen molar-refractivity contribution in [2.75, 3.05) is 12.4 Å². The first-order valence-corrected chi connectivity index (χ1v) is 8.65. The van der Waals surface area contributed by atoms with Gasteiger partial charge in [-0.1, -0.05) is 24.3 Å². The van der Waals surface area contributed by atoms with Crippen molar-refractivity contribution in [3.63, 3.8) is 0 Å². The second-order valence-corrected chi connectivity index (χ2v) is 6.80. The molecule has 1 aliphatic carbocycles. The Morgan fingerprint density at radius 3 is 2.52 bits per heavy atom. The number of rotatable bonds is 6. The molecule has 120 valence electrons. The van der Waals surface area contributed by atoms with Crippen LogP contribution in [0, 0.1) is 5.92 Å². The van der Waals surface area contributed by atoms with Crippen LogP contribution in [0.5, 0.6) is 5.75 Å². The number of hydrogen-bond donors (Lipinski definition) is 1. The van der Waals surface area contributed by atoms with Crippen LogP contribution < -0.4 is 10.1 Å². The number of hydrogen-bond acceptors (Lipinski definition) is 2. The summed E-state index contributed by atoms with van der Waals surface area (Å²) in [6.07, 6.45) is 2.93. The van der Waals surface area contributed by atoms with Crippen molar-refractivity contribution < 1.29 is 9.53 Å². The van der Waals surface area contributed by atoms with Crippen LogP contribution in [-0.2, 0) is 4.79 Å². The number of para-hydroxylation sites is 1. The van der Waals surface area contributed by atoms with E-state index < -0.39 is 0 Å². The number of benzene rings is 2. The smallest absolute Gasteiger partial charge is 0.225 e. The molecule has 3 rings (SSSR count). The SMILES string of the molecule is COc1ccc(C(CC(=O)Nc2ccccc2Br)C2CC2)cc1. The minimum atomic E-state index is 0.0598. The summed E-state index contributed by atoms with van der Waals surface area (Å²) in [5.41, 5.74) is 2.04. The maximum absolute atomic E-state index is 12.4. The van der Waals surface area contributed by atoms with Crippen molar-refractivity contribution in [1.29, 1.82) is 0 Å². The lowest BCUT2D eigenvalue weighted by atomic mass is 9.90. The van der Waals surface area contributed by atoms with E-state index in [4.69, 9.17) is 4.74 Å². The molecule has 1 fully saturated rings. The van der Waals surface area contributed by atoms with Crippen molar-refractivity contribution in [1.82, 2.24) is 0 Å². The predicted octanol–water partition coefficient (Wildman–Crippen LogP) is 4.98. The Labute approximate surface area is 145 Å². The van der Waals surface area contributed by atoms with E-state index in [0.717, 1.165) is 15.9 Å². The van der Waals surface area contributed by atoms with Gasteiger partial charge in [0.05, 0.1) is 12.8 Å². The van der Waals surface area contributed by atoms with Gasteiger partial charge < -0.3 is 10.1 Å². The molecule has 0 aliphatic heterocycles. The van der Waals surface area contributed by atoms with Crippen LogP contribution in [0.3, 0.4) is 0 Å². The van der Waals surface area contributed by atoms with Gasteiger partial charge in [0, 0.05) is 10.9 Å². The molecule has 1 unspecified atom stereocenters. The molecule has 0 spiro atoms. The maximum Gasteiger partial charge on any atom is 0.225 e. The van der Waals surface area contributed by atoms with Crippen molar-refractivity contribution in [3.05, 3.63) is 58.6 Å². The molecule has 0 radical (unpaired) electrons. The summed E-state index contributed by atoms with van der Waals surface area (Å²) in [6, 6.07) is 15.8. The minimum Gasteiger partial charge on any atom is -0.497 e. The zero-order chi connectivity index (χ0) is 16.2. The Kier molecular flexibility index (Phi) is 5.01. The fourth-order valence-electron chi connectivity index (χ4n) is 2.87. The van der Waals surface area contributed by atoms with E-state index in [9.17, 15) is 4.79 Å². The lowest BCUT2D eigenvalue weighted by Crippen LogP contribution is -2.17. The second kappa shape index (κ2) is 7.18. The van der Waals surface area contributed by atoms with Gasteiger partial charge in [-0.3, -0.25) is 4.79 Å². The maximum atomic E-state index is 12.4. The molecule has 23 heavy (non-hydrogen) atoms. The Bertz CT molecular complexity index is 680. The Balaban J connectivity index is 1.69. The van der Waals surface area contributed by atoms with Gasteiger partial charge >= 0.3 is 0 Å². The molecular weight excluding hydrogens is 354 g/mol. The molecule has 0 bridgehead atoms. The highest BCUT2D eigenvalue weighted by atomic mass is 79.9. The van der Waals surface area contributed by atoms with Crippen molar-refractivity contribution in [2.24, 2.45) is 5.92 Å². The van der Waals surface area contributed by atoms with E-state index in [0.29, 0.717) is 12.3 Å². The third-order valence-corrected chi connectivity index (χ3v) is 4.98. The molecule has 1 saturated carbocycles. The van der Waals surface area contributed by atoms with E-state index in [-0.39, 0.29) is 11.8 Å². The average molecular weight is 374 g/mol. The van der Waals surface area contributed by atoms with Crippen LogP contribution in [0.25, 0.3) is 0 Å². The summed E-state index contributed by atoms with van der Waals surface area (Å²) in [7, 11) is 1.67. The van der Waals surface area contributed by atoms with Crippen LogP contribution >= 0.6 is 15.9 Å². The first kappa shape index (κ1) is 16.1. The number of nitrogens with one attached hydrogen (secondary N) is 1. The highest BCUT2D eigenvalue weighted by Gasteiger charge is 2.33. The Morgan fingerprint density at radius 2 is 1.91 bits per heavy atom. The van der Waals surface area contributed by atoms with E-state index in [1.807, 2.05) is 36.4 Å². The first-order valence-electron chi connectivity index (χ1n) is 7.85. The molecular formula is C19H20BrNO2. The largest absolute Gasteiger partial charge is 0.497 e. The highest BCUT2D eigenvalue weighted by Crippen LogP contribution is 2.45. The number of carbonyl (C=O) groups is 1. The first-order chi connectivity index (χ1) is 11.2. The fraction of sp³-hybridized carbons (Fsp3) is 0.316. The van der Waals surface area contributed by atoms with Crippen molar-refractivity contribution in [2.45, 2.75) is 25.2 Å². The predicted molar refractivity (Wildman–Crippen MR) is 95.8 cm³/mol. The summed E-state index contributed by atoms with van der Waals surface area (Å²) in [5, 5.41) is 3.01. The number of ether oxygens (including phenoxy) is 1. The number of amides is 1. The van der Waals surface area contributed by atoms with Crippen molar-refractivity contribution >= 4 is 27.5 Å². The lowest BCUT2D eigenvalue weighted by Gasteiger charge is -2.17. The summed E-state index contributed by atoms with van der Waals surface area (Å²) in [5.74, 6) is 1.81. The van der Waals surface area contributed by atoms with Crippen LogP contribution in [0.1, 0.15) is 30.7 Å². The molecule has 2 aromatic carbocycles. The van der Waals surface area contributed by atoms with Crippen molar-refractivity contribution in [3.8, 4) is 5.75 Å². The third-order valence-electron chi connectivity index (χ3n) is 4.29. The number of carbonyl (C=O) groups excluding carboxylic acids is 1. The summed E-state index contributed by atoms with van der Waals surface area (Å²) in [6.45, 7) is 0. The number of methoxy groups -OCH3 is 1. The second-order valence-electron chi connectivity index (χ2n) is 5.95. The number of halogens is 1. The van der Waals surface area contributed by atoms with Crippen LogP contribution in [-0.4, -0.2) is 13.0 Å². The molecule has 0 aromatic heterocycles. The highest BCUT2D eigenvalue weighted by molar-refractivity contribution is 9.10. The number of anilines is 1. The van der Waals surface area contributed by atoms with E-state index in [1.54, 1.807) is 7.11 Å². The molecule has 3 nitrogen and oxygen atoms in total. The Morgan fingerprint density at radius 1 is 1.22 bits per heavy atom. The molecule has 4 heteroatoms. The summed E-state index contributed by atoms with van der Waals surface area (Å²) < 4.78 is 6.12. The van der Waals surface area contributed by atoms with Gasteiger partial charge in [0.2, 0.25) is 5.91 Å².